The molecule has 0 spiro atoms. The highest BCUT2D eigenvalue weighted by molar-refractivity contribution is 7.94. The van der Waals surface area contributed by atoms with Gasteiger partial charge in [-0.25, -0.2) is 8.42 Å². The Morgan fingerprint density at radius 2 is 1.68 bits per heavy atom. The first-order valence-electron chi connectivity index (χ1n) is 6.10. The Balaban J connectivity index is 3.34. The number of rotatable bonds is 6. The SMILES string of the molecule is CCC(CC)(C(=O)O)S(=O)(=O)N(C)c1ccccc1. The molecule has 0 atom stereocenters. The highest BCUT2D eigenvalue weighted by atomic mass is 32.2. The van der Waals surface area contributed by atoms with Crippen molar-refractivity contribution in [3.8, 4) is 0 Å². The zero-order valence-electron chi connectivity index (χ0n) is 11.3. The van der Waals surface area contributed by atoms with Gasteiger partial charge in [0.1, 0.15) is 0 Å². The van der Waals surface area contributed by atoms with E-state index in [9.17, 15) is 18.3 Å². The van der Waals surface area contributed by atoms with E-state index in [1.807, 2.05) is 0 Å². The number of para-hydroxylation sites is 1. The van der Waals surface area contributed by atoms with Crippen molar-refractivity contribution >= 4 is 21.7 Å². The number of carboxylic acids is 1. The smallest absolute Gasteiger partial charge is 0.326 e. The van der Waals surface area contributed by atoms with Gasteiger partial charge in [-0.15, -0.1) is 0 Å². The van der Waals surface area contributed by atoms with E-state index in [0.717, 1.165) is 4.31 Å². The lowest BCUT2D eigenvalue weighted by Crippen LogP contribution is -2.52. The second-order valence-electron chi connectivity index (χ2n) is 4.31. The van der Waals surface area contributed by atoms with E-state index < -0.39 is 20.7 Å². The third-order valence-corrected chi connectivity index (χ3v) is 6.18. The Hall–Kier alpha value is -1.56. The van der Waals surface area contributed by atoms with Crippen LogP contribution < -0.4 is 4.31 Å². The highest BCUT2D eigenvalue weighted by Gasteiger charge is 2.50. The van der Waals surface area contributed by atoms with E-state index in [1.165, 1.54) is 7.05 Å². The number of benzene rings is 1. The highest BCUT2D eigenvalue weighted by Crippen LogP contribution is 2.31. The lowest BCUT2D eigenvalue weighted by molar-refractivity contribution is -0.140. The average Bonchev–Trinajstić information content (AvgIpc) is 2.40. The van der Waals surface area contributed by atoms with Crippen LogP contribution in [0.1, 0.15) is 26.7 Å². The lowest BCUT2D eigenvalue weighted by Gasteiger charge is -2.32. The monoisotopic (exact) mass is 285 g/mol. The Morgan fingerprint density at radius 1 is 1.21 bits per heavy atom. The van der Waals surface area contributed by atoms with E-state index in [2.05, 4.69) is 0 Å². The summed E-state index contributed by atoms with van der Waals surface area (Å²) in [4.78, 5) is 11.5. The van der Waals surface area contributed by atoms with Gasteiger partial charge >= 0.3 is 5.97 Å². The van der Waals surface area contributed by atoms with Gasteiger partial charge in [-0.1, -0.05) is 32.0 Å². The summed E-state index contributed by atoms with van der Waals surface area (Å²) in [5.41, 5.74) is 0.454. The molecule has 6 heteroatoms. The van der Waals surface area contributed by atoms with Gasteiger partial charge in [-0.3, -0.25) is 9.10 Å². The average molecular weight is 285 g/mol. The van der Waals surface area contributed by atoms with Crippen molar-refractivity contribution in [2.24, 2.45) is 0 Å². The molecule has 0 aliphatic rings. The summed E-state index contributed by atoms with van der Waals surface area (Å²) in [5, 5.41) is 9.35. The molecule has 0 saturated heterocycles. The molecule has 1 N–H and O–H groups in total. The standard InChI is InChI=1S/C13H19NO4S/c1-4-13(5-2,12(15)16)19(17,18)14(3)11-9-7-6-8-10-11/h6-10H,4-5H2,1-3H3,(H,15,16). The predicted octanol–water partition coefficient (Wildman–Crippen LogP) is 2.10. The fourth-order valence-electron chi connectivity index (χ4n) is 2.07. The van der Waals surface area contributed by atoms with Crippen LogP contribution >= 0.6 is 0 Å². The van der Waals surface area contributed by atoms with Crippen molar-refractivity contribution in [3.05, 3.63) is 30.3 Å². The summed E-state index contributed by atoms with van der Waals surface area (Å²) in [7, 11) is -2.60. The third-order valence-electron chi connectivity index (χ3n) is 3.51. The van der Waals surface area contributed by atoms with Crippen LogP contribution in [0.15, 0.2) is 30.3 Å². The molecule has 0 aliphatic carbocycles. The third kappa shape index (κ3) is 2.45. The predicted molar refractivity (Wildman–Crippen MR) is 74.7 cm³/mol. The van der Waals surface area contributed by atoms with Crippen LogP contribution in [0, 0.1) is 0 Å². The lowest BCUT2D eigenvalue weighted by atomic mass is 10.0. The number of anilines is 1. The topological polar surface area (TPSA) is 74.7 Å². The first kappa shape index (κ1) is 15.5. The van der Waals surface area contributed by atoms with Gasteiger partial charge in [0.05, 0.1) is 5.69 Å². The summed E-state index contributed by atoms with van der Waals surface area (Å²) in [6.45, 7) is 3.15. The summed E-state index contributed by atoms with van der Waals surface area (Å²) < 4.78 is 24.5. The number of carboxylic acid groups (broad SMARTS) is 1. The van der Waals surface area contributed by atoms with Crippen molar-refractivity contribution in [2.45, 2.75) is 31.4 Å². The van der Waals surface area contributed by atoms with Crippen LogP contribution in [0.25, 0.3) is 0 Å². The second kappa shape index (κ2) is 5.61. The molecule has 106 valence electrons. The van der Waals surface area contributed by atoms with Crippen LogP contribution in [-0.4, -0.2) is 31.3 Å². The largest absolute Gasteiger partial charge is 0.480 e. The Labute approximate surface area is 113 Å². The summed E-state index contributed by atoms with van der Waals surface area (Å²) in [5.74, 6) is -1.31. The zero-order valence-corrected chi connectivity index (χ0v) is 12.1. The normalized spacial score (nSPS) is 12.2. The van der Waals surface area contributed by atoms with Crippen molar-refractivity contribution in [1.82, 2.24) is 0 Å². The Morgan fingerprint density at radius 3 is 2.05 bits per heavy atom. The van der Waals surface area contributed by atoms with E-state index in [0.29, 0.717) is 5.69 Å². The molecular weight excluding hydrogens is 266 g/mol. The summed E-state index contributed by atoms with van der Waals surface area (Å²) >= 11 is 0. The van der Waals surface area contributed by atoms with Crippen LogP contribution in [0.3, 0.4) is 0 Å². The van der Waals surface area contributed by atoms with Gasteiger partial charge in [-0.05, 0) is 25.0 Å². The molecule has 0 heterocycles. The molecule has 0 radical (unpaired) electrons. The van der Waals surface area contributed by atoms with Gasteiger partial charge in [0.25, 0.3) is 10.0 Å². The number of carbonyl (C=O) groups is 1. The molecule has 0 saturated carbocycles. The zero-order chi connectivity index (χ0) is 14.7. The van der Waals surface area contributed by atoms with Crippen LogP contribution in [0.4, 0.5) is 5.69 Å². The molecule has 0 fully saturated rings. The number of nitrogens with zero attached hydrogens (tertiary/aromatic N) is 1. The fraction of sp³-hybridized carbons (Fsp3) is 0.462. The molecular formula is C13H19NO4S. The fourth-order valence-corrected chi connectivity index (χ4v) is 3.94. The van der Waals surface area contributed by atoms with E-state index in [-0.39, 0.29) is 12.8 Å². The first-order valence-corrected chi connectivity index (χ1v) is 7.54. The van der Waals surface area contributed by atoms with Crippen LogP contribution in [0.5, 0.6) is 0 Å². The second-order valence-corrected chi connectivity index (χ2v) is 6.59. The molecule has 0 aromatic heterocycles. The summed E-state index contributed by atoms with van der Waals surface area (Å²) in [6, 6.07) is 8.46. The van der Waals surface area contributed by atoms with Gasteiger partial charge < -0.3 is 5.11 Å². The van der Waals surface area contributed by atoms with Gasteiger partial charge in [0, 0.05) is 7.05 Å². The molecule has 19 heavy (non-hydrogen) atoms. The van der Waals surface area contributed by atoms with Gasteiger partial charge in [-0.2, -0.15) is 0 Å². The maximum Gasteiger partial charge on any atom is 0.326 e. The van der Waals surface area contributed by atoms with Crippen LogP contribution in [-0.2, 0) is 14.8 Å². The minimum absolute atomic E-state index is 0.0261. The number of sulfonamides is 1. The molecule has 1 aromatic carbocycles. The molecule has 1 rings (SSSR count). The number of aliphatic carboxylic acids is 1. The van der Waals surface area contributed by atoms with Crippen molar-refractivity contribution in [3.63, 3.8) is 0 Å². The summed E-state index contributed by atoms with van der Waals surface area (Å²) in [6.07, 6.45) is 0.0523. The van der Waals surface area contributed by atoms with Crippen molar-refractivity contribution in [2.75, 3.05) is 11.4 Å². The minimum Gasteiger partial charge on any atom is -0.480 e. The van der Waals surface area contributed by atoms with E-state index in [4.69, 9.17) is 0 Å². The molecule has 0 bridgehead atoms. The Kier molecular flexibility index (Phi) is 4.57. The molecule has 1 aromatic rings. The van der Waals surface area contributed by atoms with Gasteiger partial charge in [0.15, 0.2) is 4.75 Å². The quantitative estimate of drug-likeness (QED) is 0.868. The number of hydrogen-bond acceptors (Lipinski definition) is 3. The maximum absolute atomic E-state index is 12.6. The van der Waals surface area contributed by atoms with E-state index >= 15 is 0 Å². The van der Waals surface area contributed by atoms with Crippen molar-refractivity contribution < 1.29 is 18.3 Å². The number of hydrogen-bond donors (Lipinski definition) is 1. The maximum atomic E-state index is 12.6. The van der Waals surface area contributed by atoms with Crippen molar-refractivity contribution in [1.29, 1.82) is 0 Å². The molecule has 5 nitrogen and oxygen atoms in total. The van der Waals surface area contributed by atoms with E-state index in [1.54, 1.807) is 44.2 Å². The Bertz CT molecular complexity index is 535. The first-order chi connectivity index (χ1) is 8.83. The minimum atomic E-state index is -3.98. The molecule has 0 unspecified atom stereocenters. The molecule has 0 amide bonds. The van der Waals surface area contributed by atoms with Gasteiger partial charge in [0.2, 0.25) is 0 Å². The van der Waals surface area contributed by atoms with Crippen LogP contribution in [0.2, 0.25) is 0 Å². The molecule has 0 aliphatic heterocycles.